The number of rotatable bonds is 11. The molecule has 2 heterocycles. The molecule has 8 heteroatoms. The van der Waals surface area contributed by atoms with Gasteiger partial charge in [-0.15, -0.1) is 5.12 Å². The maximum absolute atomic E-state index is 15.0. The Morgan fingerprint density at radius 2 is 1.83 bits per heavy atom. The Bertz CT molecular complexity index is 980. The fourth-order valence-corrected chi connectivity index (χ4v) is 4.56. The van der Waals surface area contributed by atoms with Crippen LogP contribution in [0.1, 0.15) is 76.8 Å². The van der Waals surface area contributed by atoms with E-state index in [1.165, 1.54) is 24.3 Å². The van der Waals surface area contributed by atoms with Crippen LogP contribution in [0.15, 0.2) is 41.8 Å². The van der Waals surface area contributed by atoms with Crippen molar-refractivity contribution < 1.29 is 31.5 Å². The maximum Gasteiger partial charge on any atom is 0.374 e. The van der Waals surface area contributed by atoms with Gasteiger partial charge in [-0.25, -0.2) is 8.78 Å². The van der Waals surface area contributed by atoms with E-state index >= 15 is 0 Å². The third kappa shape index (κ3) is 6.38. The predicted molar refractivity (Wildman–Crippen MR) is 132 cm³/mol. The van der Waals surface area contributed by atoms with Crippen molar-refractivity contribution in [2.24, 2.45) is 5.92 Å². The van der Waals surface area contributed by atoms with Crippen LogP contribution in [-0.4, -0.2) is 25.6 Å². The van der Waals surface area contributed by atoms with E-state index in [1.54, 1.807) is 0 Å². The molecule has 0 aliphatic carbocycles. The second-order valence-corrected chi connectivity index (χ2v) is 9.56. The highest BCUT2D eigenvalue weighted by atomic mass is 19.3. The summed E-state index contributed by atoms with van der Waals surface area (Å²) in [7, 11) is 0. The van der Waals surface area contributed by atoms with Gasteiger partial charge < -0.3 is 9.47 Å². The number of anilines is 1. The minimum absolute atomic E-state index is 0.0101. The van der Waals surface area contributed by atoms with Crippen LogP contribution >= 0.6 is 0 Å². The Morgan fingerprint density at radius 1 is 1.11 bits per heavy atom. The maximum atomic E-state index is 15.0. The quantitative estimate of drug-likeness (QED) is 0.0972. The summed E-state index contributed by atoms with van der Waals surface area (Å²) in [5.74, 6) is -0.899. The molecule has 200 valence electrons. The van der Waals surface area contributed by atoms with E-state index in [4.69, 9.17) is 9.47 Å². The summed E-state index contributed by atoms with van der Waals surface area (Å²) in [6.45, 7) is 6.10. The summed E-state index contributed by atoms with van der Waals surface area (Å²) in [5, 5.41) is -0.798. The molecule has 2 aliphatic heterocycles. The van der Waals surface area contributed by atoms with Gasteiger partial charge in [0.25, 0.3) is 0 Å². The van der Waals surface area contributed by atoms with Gasteiger partial charge >= 0.3 is 6.05 Å². The van der Waals surface area contributed by atoms with Gasteiger partial charge in [-0.1, -0.05) is 61.9 Å². The van der Waals surface area contributed by atoms with E-state index < -0.39 is 28.2 Å². The predicted octanol–water partition coefficient (Wildman–Crippen LogP) is 8.61. The fourth-order valence-electron chi connectivity index (χ4n) is 4.56. The SMILES string of the molecule is CCCCCC1OCC(CCC(/C=C\C2=C(C)C(F)(F)N(F)c3c2ccc(CCC)c3F)=C\F)CO1. The van der Waals surface area contributed by atoms with E-state index in [1.807, 2.05) is 6.92 Å². The van der Waals surface area contributed by atoms with Crippen molar-refractivity contribution in [3.63, 3.8) is 0 Å². The van der Waals surface area contributed by atoms with Crippen LogP contribution in [0.3, 0.4) is 0 Å². The van der Waals surface area contributed by atoms with Crippen molar-refractivity contribution in [1.82, 2.24) is 0 Å². The van der Waals surface area contributed by atoms with Crippen molar-refractivity contribution in [3.8, 4) is 0 Å². The number of nitrogens with zero attached hydrogens (tertiary/aromatic N) is 1. The Hall–Kier alpha value is -2.19. The number of ether oxygens (including phenoxy) is 2. The topological polar surface area (TPSA) is 21.7 Å². The Balaban J connectivity index is 1.70. The van der Waals surface area contributed by atoms with Crippen molar-refractivity contribution in [3.05, 3.63) is 58.7 Å². The highest BCUT2D eigenvalue weighted by Gasteiger charge is 2.48. The summed E-state index contributed by atoms with van der Waals surface area (Å²) >= 11 is 0. The first-order valence-electron chi connectivity index (χ1n) is 12.8. The zero-order valence-corrected chi connectivity index (χ0v) is 21.3. The largest absolute Gasteiger partial charge is 0.374 e. The normalized spacial score (nSPS) is 22.4. The first-order valence-corrected chi connectivity index (χ1v) is 12.8. The van der Waals surface area contributed by atoms with Crippen LogP contribution in [0.2, 0.25) is 0 Å². The fraction of sp³-hybridized carbons (Fsp3) is 0.571. The van der Waals surface area contributed by atoms with Crippen molar-refractivity contribution in [2.75, 3.05) is 18.3 Å². The van der Waals surface area contributed by atoms with Gasteiger partial charge in [-0.2, -0.15) is 8.78 Å². The van der Waals surface area contributed by atoms with E-state index in [-0.39, 0.29) is 34.5 Å². The molecule has 3 nitrogen and oxygen atoms in total. The molecule has 3 rings (SSSR count). The molecule has 1 aromatic carbocycles. The third-order valence-electron chi connectivity index (χ3n) is 6.83. The average molecular weight is 514 g/mol. The molecule has 0 bridgehead atoms. The average Bonchev–Trinajstić information content (AvgIpc) is 2.87. The van der Waals surface area contributed by atoms with E-state index in [0.29, 0.717) is 45.2 Å². The molecule has 0 saturated carbocycles. The van der Waals surface area contributed by atoms with Gasteiger partial charge in [-0.3, -0.25) is 0 Å². The number of benzene rings is 1. The molecule has 1 fully saturated rings. The minimum atomic E-state index is -4.03. The molecule has 0 radical (unpaired) electrons. The number of hydrogen-bond donors (Lipinski definition) is 0. The summed E-state index contributed by atoms with van der Waals surface area (Å²) < 4.78 is 84.2. The van der Waals surface area contributed by atoms with Gasteiger partial charge in [0.05, 0.1) is 19.5 Å². The van der Waals surface area contributed by atoms with Crippen molar-refractivity contribution >= 4 is 11.3 Å². The summed E-state index contributed by atoms with van der Waals surface area (Å²) in [6, 6.07) is -1.09. The van der Waals surface area contributed by atoms with Crippen molar-refractivity contribution in [1.29, 1.82) is 0 Å². The lowest BCUT2D eigenvalue weighted by molar-refractivity contribution is -0.204. The van der Waals surface area contributed by atoms with Gasteiger partial charge in [0, 0.05) is 17.1 Å². The number of alkyl halides is 2. The summed E-state index contributed by atoms with van der Waals surface area (Å²) in [6.07, 6.45) is 8.94. The molecule has 2 aliphatic rings. The molecule has 0 atom stereocenters. The van der Waals surface area contributed by atoms with E-state index in [2.05, 4.69) is 6.92 Å². The summed E-state index contributed by atoms with van der Waals surface area (Å²) in [5.41, 5.74) is -0.910. The molecule has 0 amide bonds. The minimum Gasteiger partial charge on any atom is -0.352 e. The lowest BCUT2D eigenvalue weighted by Crippen LogP contribution is -2.40. The molecular formula is C28H36F5NO2. The van der Waals surface area contributed by atoms with Gasteiger partial charge in [0.1, 0.15) is 5.69 Å². The Morgan fingerprint density at radius 3 is 2.47 bits per heavy atom. The van der Waals surface area contributed by atoms with Crippen LogP contribution in [0.4, 0.5) is 27.7 Å². The van der Waals surface area contributed by atoms with Gasteiger partial charge in [0.15, 0.2) is 12.1 Å². The second-order valence-electron chi connectivity index (χ2n) is 9.56. The third-order valence-corrected chi connectivity index (χ3v) is 6.83. The molecule has 1 saturated heterocycles. The van der Waals surface area contributed by atoms with Crippen LogP contribution in [0.5, 0.6) is 0 Å². The Kier molecular flexibility index (Phi) is 10.1. The monoisotopic (exact) mass is 513 g/mol. The van der Waals surface area contributed by atoms with E-state index in [0.717, 1.165) is 32.6 Å². The lowest BCUT2D eigenvalue weighted by atomic mass is 9.90. The summed E-state index contributed by atoms with van der Waals surface area (Å²) in [4.78, 5) is 0. The van der Waals surface area contributed by atoms with Crippen molar-refractivity contribution in [2.45, 2.75) is 84.5 Å². The molecule has 0 spiro atoms. The molecule has 36 heavy (non-hydrogen) atoms. The zero-order valence-electron chi connectivity index (χ0n) is 21.3. The molecular weight excluding hydrogens is 477 g/mol. The molecule has 0 N–H and O–H groups in total. The standard InChI is InChI=1S/C28H36F5NO2/c1-4-6-7-9-25-35-17-21(18-36-25)11-10-20(16-29)12-14-23-19(3)28(31,32)34(33)27-24(23)15-13-22(8-5-2)26(27)30/h12-16,21,25H,4-11,17-18H2,1-3H3/b14-12-,20-16+. The first-order chi connectivity index (χ1) is 17.2. The lowest BCUT2D eigenvalue weighted by Gasteiger charge is -2.33. The Labute approximate surface area is 210 Å². The highest BCUT2D eigenvalue weighted by Crippen LogP contribution is 2.48. The molecule has 0 aromatic heterocycles. The first kappa shape index (κ1) is 28.4. The number of fused-ring (bicyclic) bond motifs is 1. The molecule has 0 unspecified atom stereocenters. The molecule has 1 aromatic rings. The van der Waals surface area contributed by atoms with E-state index in [9.17, 15) is 22.0 Å². The van der Waals surface area contributed by atoms with Crippen LogP contribution in [0.25, 0.3) is 5.57 Å². The second kappa shape index (κ2) is 12.9. The smallest absolute Gasteiger partial charge is 0.352 e. The number of unbranched alkanes of at least 4 members (excludes halogenated alkanes) is 2. The van der Waals surface area contributed by atoms with Crippen LogP contribution in [-0.2, 0) is 15.9 Å². The highest BCUT2D eigenvalue weighted by molar-refractivity contribution is 5.88. The van der Waals surface area contributed by atoms with Gasteiger partial charge in [0.2, 0.25) is 0 Å². The van der Waals surface area contributed by atoms with Crippen LogP contribution in [0, 0.1) is 11.7 Å². The zero-order chi connectivity index (χ0) is 26.3. The van der Waals surface area contributed by atoms with Gasteiger partial charge in [-0.05, 0) is 55.7 Å². The number of aryl methyl sites for hydroxylation is 1. The number of halogens is 5. The number of allylic oxidation sites excluding steroid dienone is 4. The number of hydrogen-bond acceptors (Lipinski definition) is 3. The van der Waals surface area contributed by atoms with Crippen LogP contribution < -0.4 is 5.12 Å².